The number of fused-ring (bicyclic) bond motifs is 3. The Morgan fingerprint density at radius 3 is 1.14 bits per heavy atom. The average molecular weight is 820 g/mol. The van der Waals surface area contributed by atoms with E-state index >= 15 is 0 Å². The molecule has 63 heavy (non-hydrogen) atoms. The lowest BCUT2D eigenvalue weighted by atomic mass is 9.68. The predicted molar refractivity (Wildman–Crippen MR) is 267 cm³/mol. The van der Waals surface area contributed by atoms with Crippen molar-refractivity contribution in [2.45, 2.75) is 5.41 Å². The zero-order valence-electron chi connectivity index (χ0n) is 34.9. The first kappa shape index (κ1) is 38.2. The fourth-order valence-electron chi connectivity index (χ4n) is 10.4. The minimum atomic E-state index is -2.61. The first-order valence-corrected chi connectivity index (χ1v) is 23.8. The second-order valence-electron chi connectivity index (χ2n) is 16.4. The molecule has 0 amide bonds. The van der Waals surface area contributed by atoms with Gasteiger partial charge in [0.05, 0.1) is 5.41 Å². The first-order chi connectivity index (χ1) is 31.3. The number of rotatable bonds is 10. The van der Waals surface area contributed by atoms with E-state index in [0.717, 1.165) is 17.1 Å². The van der Waals surface area contributed by atoms with Crippen LogP contribution < -0.4 is 25.6 Å². The molecule has 10 aromatic rings. The zero-order valence-corrected chi connectivity index (χ0v) is 35.9. The molecule has 0 unspecified atom stereocenters. The topological polar surface area (TPSA) is 3.24 Å². The van der Waals surface area contributed by atoms with Gasteiger partial charge in [0.15, 0.2) is 8.07 Å². The molecule has 298 valence electrons. The molecule has 11 rings (SSSR count). The van der Waals surface area contributed by atoms with Crippen LogP contribution in [0.3, 0.4) is 0 Å². The number of hydrogen-bond acceptors (Lipinski definition) is 1. The van der Waals surface area contributed by atoms with Gasteiger partial charge < -0.3 is 4.90 Å². The Morgan fingerprint density at radius 1 is 0.270 bits per heavy atom. The number of anilines is 3. The lowest BCUT2D eigenvalue weighted by molar-refractivity contribution is 0.768. The van der Waals surface area contributed by atoms with Crippen LogP contribution in [0.15, 0.2) is 273 Å². The smallest absolute Gasteiger partial charge is 0.179 e. The Morgan fingerprint density at radius 2 is 0.635 bits per heavy atom. The van der Waals surface area contributed by atoms with Gasteiger partial charge in [-0.25, -0.2) is 0 Å². The Kier molecular flexibility index (Phi) is 9.84. The van der Waals surface area contributed by atoms with E-state index in [1.54, 1.807) is 0 Å². The van der Waals surface area contributed by atoms with Gasteiger partial charge in [0.2, 0.25) is 0 Å². The third-order valence-corrected chi connectivity index (χ3v) is 17.9. The van der Waals surface area contributed by atoms with E-state index in [-0.39, 0.29) is 0 Å². The highest BCUT2D eigenvalue weighted by atomic mass is 28.3. The highest BCUT2D eigenvalue weighted by Gasteiger charge is 2.46. The molecule has 1 aliphatic carbocycles. The summed E-state index contributed by atoms with van der Waals surface area (Å²) in [6, 6.07) is 101. The van der Waals surface area contributed by atoms with Gasteiger partial charge >= 0.3 is 0 Å². The molecule has 0 aromatic heterocycles. The van der Waals surface area contributed by atoms with Crippen LogP contribution in [0.2, 0.25) is 0 Å². The van der Waals surface area contributed by atoms with Gasteiger partial charge in [-0.1, -0.05) is 237 Å². The van der Waals surface area contributed by atoms with E-state index < -0.39 is 13.5 Å². The molecule has 10 aromatic carbocycles. The Balaban J connectivity index is 1.00. The fraction of sp³-hybridized carbons (Fsp3) is 0.0164. The second-order valence-corrected chi connectivity index (χ2v) is 20.2. The minimum absolute atomic E-state index is 0.437. The summed E-state index contributed by atoms with van der Waals surface area (Å²) in [6.45, 7) is 0. The van der Waals surface area contributed by atoms with Gasteiger partial charge in [0.1, 0.15) is 0 Å². The van der Waals surface area contributed by atoms with Crippen LogP contribution in [0, 0.1) is 0 Å². The normalized spacial score (nSPS) is 12.6. The summed E-state index contributed by atoms with van der Waals surface area (Å²) in [7, 11) is -2.61. The summed E-state index contributed by atoms with van der Waals surface area (Å²) in [5.41, 5.74) is 13.0. The zero-order chi connectivity index (χ0) is 42.1. The molecule has 0 bridgehead atoms. The molecule has 1 nitrogen and oxygen atoms in total. The Labute approximate surface area is 371 Å². The largest absolute Gasteiger partial charge is 0.310 e. The molecule has 0 atom stereocenters. The quantitative estimate of drug-likeness (QED) is 0.0981. The molecule has 0 N–H and O–H groups in total. The lowest BCUT2D eigenvalue weighted by Crippen LogP contribution is -2.74. The van der Waals surface area contributed by atoms with Crippen molar-refractivity contribution in [3.8, 4) is 22.3 Å². The van der Waals surface area contributed by atoms with Crippen LogP contribution in [-0.4, -0.2) is 8.07 Å². The third-order valence-electron chi connectivity index (χ3n) is 13.1. The van der Waals surface area contributed by atoms with E-state index in [0.29, 0.717) is 0 Å². The maximum atomic E-state index is 2.41. The van der Waals surface area contributed by atoms with Crippen molar-refractivity contribution >= 4 is 45.9 Å². The monoisotopic (exact) mass is 819 g/mol. The SMILES string of the molecule is c1ccc(N(c2ccc(-c3ccc([Si](c4ccccc4)(c4ccccc4)c4ccccc4)cc3)cc2)c2ccc3c(c2)-c2ccccc2C3(c2ccccc2)c2ccccc2)cc1. The molecule has 0 saturated heterocycles. The van der Waals surface area contributed by atoms with E-state index in [9.17, 15) is 0 Å². The van der Waals surface area contributed by atoms with Crippen molar-refractivity contribution in [1.82, 2.24) is 0 Å². The van der Waals surface area contributed by atoms with Gasteiger partial charge in [0, 0.05) is 17.1 Å². The number of nitrogens with zero attached hydrogens (tertiary/aromatic N) is 1. The van der Waals surface area contributed by atoms with E-state index in [1.165, 1.54) is 65.3 Å². The molecular formula is C61H45NSi. The average Bonchev–Trinajstić information content (AvgIpc) is 3.67. The van der Waals surface area contributed by atoms with E-state index in [2.05, 4.69) is 278 Å². The third kappa shape index (κ3) is 6.38. The van der Waals surface area contributed by atoms with Crippen molar-refractivity contribution < 1.29 is 0 Å². The van der Waals surface area contributed by atoms with Crippen LogP contribution in [0.1, 0.15) is 22.3 Å². The minimum Gasteiger partial charge on any atom is -0.310 e. The number of benzene rings is 10. The number of hydrogen-bond donors (Lipinski definition) is 0. The summed E-state index contributed by atoms with van der Waals surface area (Å²) >= 11 is 0. The number of para-hydroxylation sites is 1. The van der Waals surface area contributed by atoms with Gasteiger partial charge in [-0.15, -0.1) is 0 Å². The van der Waals surface area contributed by atoms with Crippen LogP contribution >= 0.6 is 0 Å². The van der Waals surface area contributed by atoms with Crippen molar-refractivity contribution in [2.24, 2.45) is 0 Å². The molecule has 0 spiro atoms. The Hall–Kier alpha value is -7.78. The van der Waals surface area contributed by atoms with Crippen molar-refractivity contribution in [2.75, 3.05) is 4.90 Å². The molecule has 0 radical (unpaired) electrons. The van der Waals surface area contributed by atoms with Gasteiger partial charge in [-0.3, -0.25) is 0 Å². The maximum absolute atomic E-state index is 2.61. The first-order valence-electron chi connectivity index (χ1n) is 21.8. The summed E-state index contributed by atoms with van der Waals surface area (Å²) < 4.78 is 0. The predicted octanol–water partition coefficient (Wildman–Crippen LogP) is 12.6. The van der Waals surface area contributed by atoms with Crippen molar-refractivity contribution in [1.29, 1.82) is 0 Å². The Bertz CT molecular complexity index is 2980. The van der Waals surface area contributed by atoms with Crippen LogP contribution in [0.5, 0.6) is 0 Å². The molecule has 0 fully saturated rings. The van der Waals surface area contributed by atoms with Gasteiger partial charge in [0.25, 0.3) is 0 Å². The molecule has 0 saturated carbocycles. The molecule has 1 aliphatic rings. The summed E-state index contributed by atoms with van der Waals surface area (Å²) in [5, 5.41) is 5.49. The molecule has 0 aliphatic heterocycles. The standard InChI is InChI=1S/C61H45NSi/c1-7-21-48(22-8-1)61(49-23-9-2-10-24-49)59-34-20-19-33-57(59)58-45-52(41-44-60(58)61)62(50-25-11-3-12-26-50)51-39-35-46(36-40-51)47-37-42-56(43-38-47)63(53-27-13-4-14-28-53,54-29-15-5-16-30-54)55-31-17-6-18-32-55/h1-45H. The van der Waals surface area contributed by atoms with Gasteiger partial charge in [-0.05, 0) is 102 Å². The fourth-order valence-corrected chi connectivity index (χ4v) is 15.1. The van der Waals surface area contributed by atoms with E-state index in [1.807, 2.05) is 0 Å². The van der Waals surface area contributed by atoms with Crippen LogP contribution in [0.4, 0.5) is 17.1 Å². The van der Waals surface area contributed by atoms with Crippen molar-refractivity contribution in [3.63, 3.8) is 0 Å². The molecule has 2 heteroatoms. The van der Waals surface area contributed by atoms with E-state index in [4.69, 9.17) is 0 Å². The molecule has 0 heterocycles. The van der Waals surface area contributed by atoms with Crippen molar-refractivity contribution in [3.05, 3.63) is 295 Å². The van der Waals surface area contributed by atoms with Crippen LogP contribution in [0.25, 0.3) is 22.3 Å². The highest BCUT2D eigenvalue weighted by Crippen LogP contribution is 2.57. The lowest BCUT2D eigenvalue weighted by Gasteiger charge is -2.34. The summed E-state index contributed by atoms with van der Waals surface area (Å²) in [4.78, 5) is 2.39. The van der Waals surface area contributed by atoms with Crippen LogP contribution in [-0.2, 0) is 5.41 Å². The second kappa shape index (κ2) is 16.2. The maximum Gasteiger partial charge on any atom is 0.179 e. The van der Waals surface area contributed by atoms with Gasteiger partial charge in [-0.2, -0.15) is 0 Å². The summed E-state index contributed by atoms with van der Waals surface area (Å²) in [6.07, 6.45) is 0. The summed E-state index contributed by atoms with van der Waals surface area (Å²) in [5.74, 6) is 0. The highest BCUT2D eigenvalue weighted by molar-refractivity contribution is 7.19. The molecular weight excluding hydrogens is 775 g/mol.